The summed E-state index contributed by atoms with van der Waals surface area (Å²) < 4.78 is 14.3. The van der Waals surface area contributed by atoms with Crippen LogP contribution in [0.25, 0.3) is 5.69 Å². The summed E-state index contributed by atoms with van der Waals surface area (Å²) in [5.41, 5.74) is 1.87. The molecular weight excluding hydrogens is 325 g/mol. The van der Waals surface area contributed by atoms with Crippen molar-refractivity contribution in [3.63, 3.8) is 0 Å². The molecule has 1 heterocycles. The molecule has 0 fully saturated rings. The molecule has 0 aliphatic rings. The first-order valence-corrected chi connectivity index (χ1v) is 7.62. The van der Waals surface area contributed by atoms with E-state index in [-0.39, 0.29) is 23.9 Å². The normalized spacial score (nSPS) is 10.6. The smallest absolute Gasteiger partial charge is 0.280 e. The number of rotatable bonds is 5. The Bertz CT molecular complexity index is 874. The summed E-state index contributed by atoms with van der Waals surface area (Å²) in [7, 11) is 0. The summed E-state index contributed by atoms with van der Waals surface area (Å²) in [5, 5.41) is 25.6. The molecule has 0 atom stereocenters. The molecule has 0 unspecified atom stereocenters. The predicted octanol–water partition coefficient (Wildman–Crippen LogP) is 2.50. The van der Waals surface area contributed by atoms with Gasteiger partial charge in [0.1, 0.15) is 5.82 Å². The number of carbonyl (C=O) groups is 1. The summed E-state index contributed by atoms with van der Waals surface area (Å²) in [5.74, 6) is -1.23. The third-order valence-electron chi connectivity index (χ3n) is 3.61. The Kier molecular flexibility index (Phi) is 4.76. The highest BCUT2D eigenvalue weighted by atomic mass is 19.1. The third-order valence-corrected chi connectivity index (χ3v) is 3.61. The van der Waals surface area contributed by atoms with Crippen molar-refractivity contribution >= 4 is 11.6 Å². The van der Waals surface area contributed by atoms with Crippen LogP contribution in [-0.2, 0) is 6.42 Å². The predicted molar refractivity (Wildman–Crippen MR) is 90.4 cm³/mol. The minimum Gasteiger partial charge on any atom is -0.504 e. The van der Waals surface area contributed by atoms with E-state index in [1.54, 1.807) is 24.3 Å². The Morgan fingerprint density at radius 3 is 2.44 bits per heavy atom. The van der Waals surface area contributed by atoms with Gasteiger partial charge in [0.05, 0.1) is 11.9 Å². The van der Waals surface area contributed by atoms with E-state index in [4.69, 9.17) is 5.11 Å². The molecule has 3 aromatic rings. The van der Waals surface area contributed by atoms with Gasteiger partial charge in [-0.05, 0) is 48.4 Å². The second-order valence-corrected chi connectivity index (χ2v) is 5.41. The van der Waals surface area contributed by atoms with Crippen molar-refractivity contribution in [3.05, 3.63) is 71.8 Å². The molecule has 1 amide bonds. The summed E-state index contributed by atoms with van der Waals surface area (Å²) in [6, 6.07) is 12.5. The fraction of sp³-hybridized carbons (Fsp3) is 0.111. The fourth-order valence-corrected chi connectivity index (χ4v) is 2.33. The van der Waals surface area contributed by atoms with E-state index in [9.17, 15) is 14.3 Å². The van der Waals surface area contributed by atoms with Crippen LogP contribution in [0.4, 0.5) is 10.1 Å². The van der Waals surface area contributed by atoms with Crippen molar-refractivity contribution in [3.8, 4) is 11.4 Å². The number of aliphatic hydroxyl groups excluding tert-OH is 1. The van der Waals surface area contributed by atoms with Crippen LogP contribution in [0.3, 0.4) is 0 Å². The molecule has 3 rings (SSSR count). The molecule has 0 saturated carbocycles. The number of benzene rings is 2. The second-order valence-electron chi connectivity index (χ2n) is 5.41. The Hall–Kier alpha value is -3.19. The summed E-state index contributed by atoms with van der Waals surface area (Å²) in [6.07, 6.45) is 1.82. The van der Waals surface area contributed by atoms with Crippen LogP contribution in [0.1, 0.15) is 16.1 Å². The van der Waals surface area contributed by atoms with Gasteiger partial charge in [-0.1, -0.05) is 12.1 Å². The van der Waals surface area contributed by atoms with Gasteiger partial charge in [-0.3, -0.25) is 4.79 Å². The van der Waals surface area contributed by atoms with Crippen LogP contribution in [0.2, 0.25) is 0 Å². The number of nitrogens with one attached hydrogen (secondary N) is 1. The lowest BCUT2D eigenvalue weighted by molar-refractivity contribution is 0.101. The molecule has 0 aliphatic carbocycles. The summed E-state index contributed by atoms with van der Waals surface area (Å²) >= 11 is 0. The first kappa shape index (κ1) is 16.7. The second kappa shape index (κ2) is 7.14. The van der Waals surface area contributed by atoms with Crippen molar-refractivity contribution in [2.24, 2.45) is 0 Å². The number of hydrogen-bond donors (Lipinski definition) is 3. The molecule has 0 spiro atoms. The molecule has 2 aromatic carbocycles. The lowest BCUT2D eigenvalue weighted by Crippen LogP contribution is -2.13. The number of aliphatic hydroxyl groups is 1. The topological polar surface area (TPSA) is 87.4 Å². The highest BCUT2D eigenvalue weighted by molar-refractivity contribution is 6.04. The number of halogens is 1. The lowest BCUT2D eigenvalue weighted by Gasteiger charge is -2.05. The summed E-state index contributed by atoms with van der Waals surface area (Å²) in [4.78, 5) is 12.3. The number of nitrogens with zero attached hydrogens (tertiary/aromatic N) is 2. The van der Waals surface area contributed by atoms with Crippen molar-refractivity contribution in [2.75, 3.05) is 11.9 Å². The van der Waals surface area contributed by atoms with Gasteiger partial charge in [0.25, 0.3) is 5.91 Å². The first-order chi connectivity index (χ1) is 12.1. The van der Waals surface area contributed by atoms with Crippen LogP contribution >= 0.6 is 0 Å². The Morgan fingerprint density at radius 2 is 1.80 bits per heavy atom. The molecular formula is C18H16FN3O3. The highest BCUT2D eigenvalue weighted by Gasteiger charge is 2.17. The van der Waals surface area contributed by atoms with E-state index in [0.29, 0.717) is 17.8 Å². The van der Waals surface area contributed by atoms with Gasteiger partial charge < -0.3 is 15.5 Å². The van der Waals surface area contributed by atoms with E-state index in [1.165, 1.54) is 35.1 Å². The van der Waals surface area contributed by atoms with Gasteiger partial charge in [0.15, 0.2) is 11.4 Å². The molecule has 0 saturated heterocycles. The molecule has 128 valence electrons. The standard InChI is InChI=1S/C18H16FN3O3/c19-13-3-7-15(8-4-13)22-11-16(24)17(21-22)18(25)20-14-5-1-12(2-6-14)9-10-23/h1-8,11,23-24H,9-10H2,(H,20,25). The van der Waals surface area contributed by atoms with Crippen molar-refractivity contribution in [1.29, 1.82) is 0 Å². The van der Waals surface area contributed by atoms with Gasteiger partial charge in [0, 0.05) is 12.3 Å². The van der Waals surface area contributed by atoms with Gasteiger partial charge in [-0.15, -0.1) is 0 Å². The maximum atomic E-state index is 13.0. The molecule has 7 heteroatoms. The molecule has 1 aromatic heterocycles. The van der Waals surface area contributed by atoms with Crippen LogP contribution in [0.15, 0.2) is 54.7 Å². The molecule has 6 nitrogen and oxygen atoms in total. The molecule has 25 heavy (non-hydrogen) atoms. The minimum atomic E-state index is -0.562. The van der Waals surface area contributed by atoms with Crippen LogP contribution in [0.5, 0.6) is 5.75 Å². The Morgan fingerprint density at radius 1 is 1.12 bits per heavy atom. The number of aromatic hydroxyl groups is 1. The average Bonchev–Trinajstić information content (AvgIpc) is 2.99. The van der Waals surface area contributed by atoms with Gasteiger partial charge in [0.2, 0.25) is 0 Å². The zero-order chi connectivity index (χ0) is 17.8. The van der Waals surface area contributed by atoms with Gasteiger partial charge in [-0.2, -0.15) is 5.10 Å². The quantitative estimate of drug-likeness (QED) is 0.665. The Labute approximate surface area is 143 Å². The van der Waals surface area contributed by atoms with Crippen molar-refractivity contribution in [2.45, 2.75) is 6.42 Å². The fourth-order valence-electron chi connectivity index (χ4n) is 2.33. The SMILES string of the molecule is O=C(Nc1ccc(CCO)cc1)c1nn(-c2ccc(F)cc2)cc1O. The average molecular weight is 341 g/mol. The monoisotopic (exact) mass is 341 g/mol. The number of anilines is 1. The number of amides is 1. The van der Waals surface area contributed by atoms with Crippen molar-refractivity contribution < 1.29 is 19.4 Å². The number of aromatic nitrogens is 2. The lowest BCUT2D eigenvalue weighted by atomic mass is 10.1. The molecule has 0 radical (unpaired) electrons. The number of carbonyl (C=O) groups excluding carboxylic acids is 1. The molecule has 0 aliphatic heterocycles. The van der Waals surface area contributed by atoms with Crippen LogP contribution in [-0.4, -0.2) is 32.5 Å². The van der Waals surface area contributed by atoms with E-state index in [1.807, 2.05) is 0 Å². The van der Waals surface area contributed by atoms with Crippen LogP contribution in [0, 0.1) is 5.82 Å². The zero-order valence-electron chi connectivity index (χ0n) is 13.2. The maximum Gasteiger partial charge on any atom is 0.280 e. The third kappa shape index (κ3) is 3.84. The largest absolute Gasteiger partial charge is 0.504 e. The maximum absolute atomic E-state index is 13.0. The molecule has 3 N–H and O–H groups in total. The van der Waals surface area contributed by atoms with Gasteiger partial charge >= 0.3 is 0 Å². The van der Waals surface area contributed by atoms with E-state index < -0.39 is 5.91 Å². The van der Waals surface area contributed by atoms with E-state index >= 15 is 0 Å². The van der Waals surface area contributed by atoms with Crippen LogP contribution < -0.4 is 5.32 Å². The van der Waals surface area contributed by atoms with Crippen molar-refractivity contribution in [1.82, 2.24) is 9.78 Å². The van der Waals surface area contributed by atoms with E-state index in [0.717, 1.165) is 5.56 Å². The summed E-state index contributed by atoms with van der Waals surface area (Å²) in [6.45, 7) is 0.0560. The van der Waals surface area contributed by atoms with E-state index in [2.05, 4.69) is 10.4 Å². The minimum absolute atomic E-state index is 0.0560. The Balaban J connectivity index is 1.77. The number of hydrogen-bond acceptors (Lipinski definition) is 4. The van der Waals surface area contributed by atoms with Gasteiger partial charge in [-0.25, -0.2) is 9.07 Å². The molecule has 0 bridgehead atoms. The highest BCUT2D eigenvalue weighted by Crippen LogP contribution is 2.20. The zero-order valence-corrected chi connectivity index (χ0v) is 13.2. The first-order valence-electron chi connectivity index (χ1n) is 7.62.